The van der Waals surface area contributed by atoms with Crippen LogP contribution < -0.4 is 5.32 Å². The molecule has 0 aliphatic heterocycles. The van der Waals surface area contributed by atoms with Crippen LogP contribution in [0.3, 0.4) is 0 Å². The van der Waals surface area contributed by atoms with Crippen molar-refractivity contribution in [3.05, 3.63) is 41.5 Å². The third kappa shape index (κ3) is 2.27. The molecule has 3 heteroatoms. The fraction of sp³-hybridized carbons (Fsp3) is 0.316. The predicted molar refractivity (Wildman–Crippen MR) is 91.5 cm³/mol. The standard InChI is InChI=1S/C19H21NO2/c1-5-13-10-15(11(2)3)18(20-12(4)21)19-17(13)14-8-6-7-9-16(14)22-19/h6-11H,5H2,1-4H3,(H,20,21). The SMILES string of the molecule is CCc1cc(C(C)C)c(NC(C)=O)c2oc3ccccc3c12. The quantitative estimate of drug-likeness (QED) is 0.719. The van der Waals surface area contributed by atoms with Crippen molar-refractivity contribution in [1.82, 2.24) is 0 Å². The van der Waals surface area contributed by atoms with Gasteiger partial charge in [-0.2, -0.15) is 0 Å². The Balaban J connectivity index is 2.47. The summed E-state index contributed by atoms with van der Waals surface area (Å²) < 4.78 is 6.10. The van der Waals surface area contributed by atoms with E-state index in [1.54, 1.807) is 0 Å². The van der Waals surface area contributed by atoms with Crippen LogP contribution in [-0.4, -0.2) is 5.91 Å². The van der Waals surface area contributed by atoms with E-state index in [-0.39, 0.29) is 5.91 Å². The normalized spacial score (nSPS) is 11.5. The first-order valence-corrected chi connectivity index (χ1v) is 7.77. The van der Waals surface area contributed by atoms with E-state index < -0.39 is 0 Å². The first kappa shape index (κ1) is 14.6. The van der Waals surface area contributed by atoms with Crippen LogP contribution in [0.25, 0.3) is 21.9 Å². The molecule has 0 saturated heterocycles. The van der Waals surface area contributed by atoms with Gasteiger partial charge in [-0.15, -0.1) is 0 Å². The number of aryl methyl sites for hydroxylation is 1. The van der Waals surface area contributed by atoms with Crippen LogP contribution >= 0.6 is 0 Å². The summed E-state index contributed by atoms with van der Waals surface area (Å²) in [7, 11) is 0. The monoisotopic (exact) mass is 295 g/mol. The van der Waals surface area contributed by atoms with Crippen LogP contribution in [0.4, 0.5) is 5.69 Å². The molecule has 3 aromatic rings. The van der Waals surface area contributed by atoms with Gasteiger partial charge >= 0.3 is 0 Å². The maximum atomic E-state index is 11.6. The molecule has 1 amide bonds. The van der Waals surface area contributed by atoms with Crippen molar-refractivity contribution in [2.24, 2.45) is 0 Å². The van der Waals surface area contributed by atoms with E-state index in [2.05, 4.69) is 38.2 Å². The molecule has 3 nitrogen and oxygen atoms in total. The largest absolute Gasteiger partial charge is 0.454 e. The van der Waals surface area contributed by atoms with Crippen molar-refractivity contribution in [3.8, 4) is 0 Å². The first-order valence-electron chi connectivity index (χ1n) is 7.77. The summed E-state index contributed by atoms with van der Waals surface area (Å²) in [5.41, 5.74) is 4.85. The summed E-state index contributed by atoms with van der Waals surface area (Å²) in [5, 5.41) is 5.20. The summed E-state index contributed by atoms with van der Waals surface area (Å²) in [6, 6.07) is 10.2. The minimum absolute atomic E-state index is 0.0760. The van der Waals surface area contributed by atoms with Crippen molar-refractivity contribution in [2.45, 2.75) is 40.0 Å². The number of benzene rings is 2. The molecule has 0 aliphatic rings. The minimum Gasteiger partial charge on any atom is -0.454 e. The van der Waals surface area contributed by atoms with Crippen molar-refractivity contribution in [2.75, 3.05) is 5.32 Å². The highest BCUT2D eigenvalue weighted by atomic mass is 16.3. The number of hydrogen-bond acceptors (Lipinski definition) is 2. The zero-order valence-corrected chi connectivity index (χ0v) is 13.5. The van der Waals surface area contributed by atoms with E-state index in [9.17, 15) is 4.79 Å². The molecule has 0 fully saturated rings. The fourth-order valence-electron chi connectivity index (χ4n) is 3.04. The molecule has 0 radical (unpaired) electrons. The van der Waals surface area contributed by atoms with Gasteiger partial charge in [0.05, 0.1) is 5.69 Å². The average Bonchev–Trinajstić information content (AvgIpc) is 2.86. The second-order valence-corrected chi connectivity index (χ2v) is 5.99. The molecular weight excluding hydrogens is 274 g/mol. The van der Waals surface area contributed by atoms with Crippen LogP contribution in [0.2, 0.25) is 0 Å². The number of hydrogen-bond donors (Lipinski definition) is 1. The fourth-order valence-corrected chi connectivity index (χ4v) is 3.04. The zero-order valence-electron chi connectivity index (χ0n) is 13.5. The van der Waals surface area contributed by atoms with Crippen molar-refractivity contribution >= 4 is 33.5 Å². The summed E-state index contributed by atoms with van der Waals surface area (Å²) >= 11 is 0. The molecule has 2 aromatic carbocycles. The third-order valence-corrected chi connectivity index (χ3v) is 4.07. The highest BCUT2D eigenvalue weighted by Gasteiger charge is 2.20. The van der Waals surface area contributed by atoms with E-state index >= 15 is 0 Å². The molecule has 1 aromatic heterocycles. The molecule has 0 saturated carbocycles. The Morgan fingerprint density at radius 1 is 1.27 bits per heavy atom. The van der Waals surface area contributed by atoms with Gasteiger partial charge in [0.15, 0.2) is 5.58 Å². The number of para-hydroxylation sites is 1. The maximum Gasteiger partial charge on any atom is 0.221 e. The number of carbonyl (C=O) groups is 1. The van der Waals surface area contributed by atoms with Crippen LogP contribution in [0.15, 0.2) is 34.7 Å². The highest BCUT2D eigenvalue weighted by Crippen LogP contribution is 2.40. The Morgan fingerprint density at radius 3 is 2.64 bits per heavy atom. The van der Waals surface area contributed by atoms with Crippen molar-refractivity contribution < 1.29 is 9.21 Å². The molecule has 114 valence electrons. The average molecular weight is 295 g/mol. The molecule has 0 bridgehead atoms. The van der Waals surface area contributed by atoms with Gasteiger partial charge in [0.2, 0.25) is 5.91 Å². The summed E-state index contributed by atoms with van der Waals surface area (Å²) in [6.45, 7) is 7.95. The van der Waals surface area contributed by atoms with Gasteiger partial charge in [0, 0.05) is 17.7 Å². The molecule has 0 atom stereocenters. The van der Waals surface area contributed by atoms with E-state index in [1.165, 1.54) is 12.5 Å². The molecule has 3 rings (SSSR count). The number of amides is 1. The lowest BCUT2D eigenvalue weighted by Gasteiger charge is -2.16. The predicted octanol–water partition coefficient (Wildman–Crippen LogP) is 5.23. The molecular formula is C19H21NO2. The molecule has 0 unspecified atom stereocenters. The van der Waals surface area contributed by atoms with E-state index in [0.29, 0.717) is 5.92 Å². The third-order valence-electron chi connectivity index (χ3n) is 4.07. The van der Waals surface area contributed by atoms with Crippen molar-refractivity contribution in [1.29, 1.82) is 0 Å². The molecule has 22 heavy (non-hydrogen) atoms. The Kier molecular flexibility index (Phi) is 3.65. The van der Waals surface area contributed by atoms with Crippen molar-refractivity contribution in [3.63, 3.8) is 0 Å². The number of carbonyl (C=O) groups excluding carboxylic acids is 1. The van der Waals surface area contributed by atoms with Crippen LogP contribution in [0.5, 0.6) is 0 Å². The highest BCUT2D eigenvalue weighted by molar-refractivity contribution is 6.13. The summed E-state index contributed by atoms with van der Waals surface area (Å²) in [5.74, 6) is 0.234. The van der Waals surface area contributed by atoms with E-state index in [4.69, 9.17) is 4.42 Å². The number of anilines is 1. The Hall–Kier alpha value is -2.29. The Morgan fingerprint density at radius 2 is 2.00 bits per heavy atom. The summed E-state index contributed by atoms with van der Waals surface area (Å²) in [4.78, 5) is 11.6. The van der Waals surface area contributed by atoms with Gasteiger partial charge in [0.25, 0.3) is 0 Å². The summed E-state index contributed by atoms with van der Waals surface area (Å²) in [6.07, 6.45) is 0.931. The molecule has 0 spiro atoms. The lowest BCUT2D eigenvalue weighted by molar-refractivity contribution is -0.114. The van der Waals surface area contributed by atoms with Crippen LogP contribution in [-0.2, 0) is 11.2 Å². The lowest BCUT2D eigenvalue weighted by atomic mass is 9.93. The number of rotatable bonds is 3. The zero-order chi connectivity index (χ0) is 15.9. The Labute approximate surface area is 130 Å². The van der Waals surface area contributed by atoms with Gasteiger partial charge in [-0.25, -0.2) is 0 Å². The Bertz CT molecular complexity index is 859. The number of nitrogens with one attached hydrogen (secondary N) is 1. The lowest BCUT2D eigenvalue weighted by Crippen LogP contribution is -2.09. The second-order valence-electron chi connectivity index (χ2n) is 5.99. The second kappa shape index (κ2) is 5.48. The topological polar surface area (TPSA) is 42.2 Å². The first-order chi connectivity index (χ1) is 10.5. The molecule has 0 aliphatic carbocycles. The van der Waals surface area contributed by atoms with E-state index in [0.717, 1.165) is 39.6 Å². The number of furan rings is 1. The van der Waals surface area contributed by atoms with Crippen LogP contribution in [0.1, 0.15) is 44.7 Å². The van der Waals surface area contributed by atoms with E-state index in [1.807, 2.05) is 18.2 Å². The number of fused-ring (bicyclic) bond motifs is 3. The van der Waals surface area contributed by atoms with Gasteiger partial charge < -0.3 is 9.73 Å². The van der Waals surface area contributed by atoms with Gasteiger partial charge in [-0.3, -0.25) is 4.79 Å². The van der Waals surface area contributed by atoms with Crippen LogP contribution in [0, 0.1) is 0 Å². The molecule has 1 N–H and O–H groups in total. The maximum absolute atomic E-state index is 11.6. The minimum atomic E-state index is -0.0760. The smallest absolute Gasteiger partial charge is 0.221 e. The van der Waals surface area contributed by atoms with Gasteiger partial charge in [0.1, 0.15) is 5.58 Å². The van der Waals surface area contributed by atoms with Gasteiger partial charge in [-0.05, 0) is 29.5 Å². The molecule has 1 heterocycles. The van der Waals surface area contributed by atoms with Gasteiger partial charge in [-0.1, -0.05) is 45.0 Å².